The predicted octanol–water partition coefficient (Wildman–Crippen LogP) is 0.650. The minimum atomic E-state index is -0.461. The van der Waals surface area contributed by atoms with Crippen molar-refractivity contribution in [1.29, 1.82) is 0 Å². The van der Waals surface area contributed by atoms with Crippen molar-refractivity contribution in [1.82, 2.24) is 9.88 Å². The molecule has 0 unspecified atom stereocenters. The third kappa shape index (κ3) is 1.85. The maximum atomic E-state index is 12.0. The normalized spacial score (nSPS) is 13.9. The third-order valence-electron chi connectivity index (χ3n) is 3.04. The Morgan fingerprint density at radius 1 is 1.00 bits per heavy atom. The Bertz CT molecular complexity index is 746. The SMILES string of the molecule is O=C1Cc2cccc(-n3ccccc3=O)c2C(=O)N1. The van der Waals surface area contributed by atoms with Crippen LogP contribution in [0.5, 0.6) is 0 Å². The molecule has 0 spiro atoms. The van der Waals surface area contributed by atoms with Gasteiger partial charge >= 0.3 is 0 Å². The second-order valence-corrected chi connectivity index (χ2v) is 4.27. The number of carbonyl (C=O) groups excluding carboxylic acids is 2. The van der Waals surface area contributed by atoms with Gasteiger partial charge in [-0.2, -0.15) is 0 Å². The fourth-order valence-electron chi connectivity index (χ4n) is 2.23. The highest BCUT2D eigenvalue weighted by Gasteiger charge is 2.25. The number of hydrogen-bond donors (Lipinski definition) is 1. The number of carbonyl (C=O) groups is 2. The lowest BCUT2D eigenvalue weighted by Crippen LogP contribution is -2.38. The van der Waals surface area contributed by atoms with Crippen molar-refractivity contribution in [3.05, 3.63) is 64.1 Å². The lowest BCUT2D eigenvalue weighted by molar-refractivity contribution is -0.119. The molecular formula is C14H10N2O3. The van der Waals surface area contributed by atoms with Gasteiger partial charge in [0.05, 0.1) is 17.7 Å². The fraction of sp³-hybridized carbons (Fsp3) is 0.0714. The van der Waals surface area contributed by atoms with Gasteiger partial charge in [-0.05, 0) is 17.7 Å². The number of fused-ring (bicyclic) bond motifs is 1. The molecule has 0 saturated carbocycles. The summed E-state index contributed by atoms with van der Waals surface area (Å²) in [5.41, 5.74) is 1.30. The zero-order valence-electron chi connectivity index (χ0n) is 9.92. The van der Waals surface area contributed by atoms with Gasteiger partial charge in [0.15, 0.2) is 0 Å². The Morgan fingerprint density at radius 2 is 1.84 bits per heavy atom. The van der Waals surface area contributed by atoms with Gasteiger partial charge in [0.25, 0.3) is 11.5 Å². The van der Waals surface area contributed by atoms with E-state index in [1.54, 1.807) is 36.5 Å². The summed E-state index contributed by atoms with van der Waals surface area (Å²) in [6.45, 7) is 0. The van der Waals surface area contributed by atoms with Gasteiger partial charge in [0.1, 0.15) is 0 Å². The van der Waals surface area contributed by atoms with Crippen LogP contribution in [0.15, 0.2) is 47.4 Å². The highest BCUT2D eigenvalue weighted by molar-refractivity contribution is 6.11. The van der Waals surface area contributed by atoms with E-state index in [4.69, 9.17) is 0 Å². The molecule has 0 radical (unpaired) electrons. The van der Waals surface area contributed by atoms with Crippen LogP contribution in [-0.4, -0.2) is 16.4 Å². The van der Waals surface area contributed by atoms with Crippen LogP contribution in [0.4, 0.5) is 0 Å². The molecule has 2 heterocycles. The van der Waals surface area contributed by atoms with Crippen LogP contribution in [0.2, 0.25) is 0 Å². The summed E-state index contributed by atoms with van der Waals surface area (Å²) in [5, 5.41) is 2.27. The number of nitrogens with one attached hydrogen (secondary N) is 1. The van der Waals surface area contributed by atoms with Crippen LogP contribution < -0.4 is 10.9 Å². The number of benzene rings is 1. The number of amides is 2. The maximum Gasteiger partial charge on any atom is 0.260 e. The fourth-order valence-corrected chi connectivity index (χ4v) is 2.23. The summed E-state index contributed by atoms with van der Waals surface area (Å²) in [5.74, 6) is -0.785. The van der Waals surface area contributed by atoms with Crippen molar-refractivity contribution >= 4 is 11.8 Å². The summed E-state index contributed by atoms with van der Waals surface area (Å²) in [6, 6.07) is 9.92. The van der Waals surface area contributed by atoms with Crippen molar-refractivity contribution in [2.24, 2.45) is 0 Å². The van der Waals surface area contributed by atoms with Gasteiger partial charge < -0.3 is 0 Å². The van der Waals surface area contributed by atoms with E-state index < -0.39 is 5.91 Å². The molecule has 19 heavy (non-hydrogen) atoms. The summed E-state index contributed by atoms with van der Waals surface area (Å²) < 4.78 is 1.40. The highest BCUT2D eigenvalue weighted by atomic mass is 16.2. The molecule has 2 aromatic rings. The molecule has 0 bridgehead atoms. The average Bonchev–Trinajstić information content (AvgIpc) is 2.38. The van der Waals surface area contributed by atoms with E-state index in [0.29, 0.717) is 16.8 Å². The molecule has 2 amide bonds. The summed E-state index contributed by atoms with van der Waals surface area (Å²) in [6.07, 6.45) is 1.75. The highest BCUT2D eigenvalue weighted by Crippen LogP contribution is 2.21. The van der Waals surface area contributed by atoms with Crippen LogP contribution in [0.1, 0.15) is 15.9 Å². The molecule has 1 aliphatic rings. The Kier molecular flexibility index (Phi) is 2.52. The molecule has 0 fully saturated rings. The van der Waals surface area contributed by atoms with E-state index in [1.165, 1.54) is 10.6 Å². The first kappa shape index (κ1) is 11.4. The van der Waals surface area contributed by atoms with Crippen LogP contribution in [0.3, 0.4) is 0 Å². The van der Waals surface area contributed by atoms with Gasteiger partial charge in [-0.25, -0.2) is 0 Å². The van der Waals surface area contributed by atoms with E-state index in [-0.39, 0.29) is 17.9 Å². The summed E-state index contributed by atoms with van der Waals surface area (Å²) in [4.78, 5) is 35.1. The Hall–Kier alpha value is -2.69. The second kappa shape index (κ2) is 4.20. The smallest absolute Gasteiger partial charge is 0.260 e. The molecular weight excluding hydrogens is 244 g/mol. The largest absolute Gasteiger partial charge is 0.292 e. The number of hydrogen-bond acceptors (Lipinski definition) is 3. The van der Waals surface area contributed by atoms with Gasteiger partial charge in [0.2, 0.25) is 5.91 Å². The molecule has 5 nitrogen and oxygen atoms in total. The zero-order valence-corrected chi connectivity index (χ0v) is 9.92. The molecule has 3 rings (SSSR count). The topological polar surface area (TPSA) is 68.2 Å². The maximum absolute atomic E-state index is 12.0. The molecule has 94 valence electrons. The van der Waals surface area contributed by atoms with Crippen LogP contribution in [-0.2, 0) is 11.2 Å². The van der Waals surface area contributed by atoms with Crippen molar-refractivity contribution in [3.63, 3.8) is 0 Å². The van der Waals surface area contributed by atoms with Crippen LogP contribution in [0.25, 0.3) is 5.69 Å². The van der Waals surface area contributed by atoms with Crippen molar-refractivity contribution < 1.29 is 9.59 Å². The molecule has 1 aromatic heterocycles. The van der Waals surface area contributed by atoms with Gasteiger partial charge in [-0.3, -0.25) is 24.3 Å². The van der Waals surface area contributed by atoms with E-state index in [2.05, 4.69) is 5.32 Å². The molecule has 1 aliphatic heterocycles. The van der Waals surface area contributed by atoms with Crippen molar-refractivity contribution in [2.75, 3.05) is 0 Å². The zero-order chi connectivity index (χ0) is 13.4. The second-order valence-electron chi connectivity index (χ2n) is 4.27. The number of imide groups is 1. The average molecular weight is 254 g/mol. The quantitative estimate of drug-likeness (QED) is 0.760. The number of pyridine rings is 1. The van der Waals surface area contributed by atoms with E-state index in [0.717, 1.165) is 0 Å². The molecule has 1 aromatic carbocycles. The minimum Gasteiger partial charge on any atom is -0.292 e. The van der Waals surface area contributed by atoms with Gasteiger partial charge in [-0.15, -0.1) is 0 Å². The standard InChI is InChI=1S/C14H10N2O3/c17-11-8-9-4-3-5-10(13(9)14(19)15-11)16-7-2-1-6-12(16)18/h1-7H,8H2,(H,15,17,19). The monoisotopic (exact) mass is 254 g/mol. The van der Waals surface area contributed by atoms with Gasteiger partial charge in [-0.1, -0.05) is 18.2 Å². The number of aromatic nitrogens is 1. The summed E-state index contributed by atoms with van der Waals surface area (Å²) in [7, 11) is 0. The van der Waals surface area contributed by atoms with Crippen molar-refractivity contribution in [3.8, 4) is 5.69 Å². The molecule has 0 aliphatic carbocycles. The Balaban J connectivity index is 2.28. The molecule has 5 heteroatoms. The van der Waals surface area contributed by atoms with Crippen LogP contribution >= 0.6 is 0 Å². The summed E-state index contributed by atoms with van der Waals surface area (Å²) >= 11 is 0. The van der Waals surface area contributed by atoms with E-state index >= 15 is 0 Å². The lowest BCUT2D eigenvalue weighted by Gasteiger charge is -2.19. The molecule has 1 N–H and O–H groups in total. The van der Waals surface area contributed by atoms with Gasteiger partial charge in [0, 0.05) is 12.3 Å². The lowest BCUT2D eigenvalue weighted by atomic mass is 9.98. The van der Waals surface area contributed by atoms with Crippen molar-refractivity contribution in [2.45, 2.75) is 6.42 Å². The number of nitrogens with zero attached hydrogens (tertiary/aromatic N) is 1. The third-order valence-corrected chi connectivity index (χ3v) is 3.04. The predicted molar refractivity (Wildman–Crippen MR) is 68.2 cm³/mol. The Labute approximate surface area is 108 Å². The molecule has 0 atom stereocenters. The minimum absolute atomic E-state index is 0.149. The van der Waals surface area contributed by atoms with E-state index in [9.17, 15) is 14.4 Å². The molecule has 0 saturated heterocycles. The number of rotatable bonds is 1. The first-order chi connectivity index (χ1) is 9.16. The van der Waals surface area contributed by atoms with E-state index in [1.807, 2.05) is 0 Å². The van der Waals surface area contributed by atoms with Crippen LogP contribution in [0, 0.1) is 0 Å². The first-order valence-corrected chi connectivity index (χ1v) is 5.81. The first-order valence-electron chi connectivity index (χ1n) is 5.81. The Morgan fingerprint density at radius 3 is 2.63 bits per heavy atom.